The molecule has 20 heavy (non-hydrogen) atoms. The van der Waals surface area contributed by atoms with Gasteiger partial charge >= 0.3 is 5.97 Å². The Labute approximate surface area is 125 Å². The van der Waals surface area contributed by atoms with Crippen molar-refractivity contribution in [2.75, 3.05) is 18.5 Å². The van der Waals surface area contributed by atoms with Gasteiger partial charge in [-0.3, -0.25) is 0 Å². The molecule has 2 N–H and O–H groups in total. The van der Waals surface area contributed by atoms with Gasteiger partial charge in [0.15, 0.2) is 0 Å². The van der Waals surface area contributed by atoms with Crippen LogP contribution in [0.1, 0.15) is 10.4 Å². The number of carbonyl (C=O) groups is 1. The molecule has 4 nitrogen and oxygen atoms in total. The molecule has 0 heterocycles. The Morgan fingerprint density at radius 2 is 1.75 bits per heavy atom. The van der Waals surface area contributed by atoms with Crippen LogP contribution < -0.4 is 10.1 Å². The second-order valence-electron chi connectivity index (χ2n) is 4.11. The first-order chi connectivity index (χ1) is 9.65. The zero-order chi connectivity index (χ0) is 14.4. The maximum atomic E-state index is 10.7. The minimum absolute atomic E-state index is 0.255. The van der Waals surface area contributed by atoms with E-state index in [0.29, 0.717) is 18.9 Å². The molecule has 0 fully saturated rings. The highest BCUT2D eigenvalue weighted by molar-refractivity contribution is 9.10. The van der Waals surface area contributed by atoms with E-state index in [1.165, 1.54) is 12.1 Å². The van der Waals surface area contributed by atoms with Crippen molar-refractivity contribution in [2.24, 2.45) is 0 Å². The molecule has 0 spiro atoms. The van der Waals surface area contributed by atoms with Crippen molar-refractivity contribution in [2.45, 2.75) is 0 Å². The van der Waals surface area contributed by atoms with E-state index >= 15 is 0 Å². The fourth-order valence-electron chi connectivity index (χ4n) is 1.63. The quantitative estimate of drug-likeness (QED) is 0.791. The lowest BCUT2D eigenvalue weighted by Gasteiger charge is -2.08. The summed E-state index contributed by atoms with van der Waals surface area (Å²) in [5.41, 5.74) is 1.28. The van der Waals surface area contributed by atoms with Crippen LogP contribution in [0, 0.1) is 0 Å². The number of rotatable bonds is 6. The number of nitrogens with one attached hydrogen (secondary N) is 1. The van der Waals surface area contributed by atoms with Crippen molar-refractivity contribution in [1.82, 2.24) is 0 Å². The van der Waals surface area contributed by atoms with Gasteiger partial charge in [-0.25, -0.2) is 4.79 Å². The van der Waals surface area contributed by atoms with E-state index in [4.69, 9.17) is 9.84 Å². The van der Waals surface area contributed by atoms with Crippen molar-refractivity contribution in [3.05, 3.63) is 58.6 Å². The lowest BCUT2D eigenvalue weighted by molar-refractivity contribution is 0.0697. The number of hydrogen-bond donors (Lipinski definition) is 2. The van der Waals surface area contributed by atoms with Crippen molar-refractivity contribution in [1.29, 1.82) is 0 Å². The van der Waals surface area contributed by atoms with Crippen LogP contribution in [0.15, 0.2) is 53.0 Å². The van der Waals surface area contributed by atoms with Crippen LogP contribution in [0.3, 0.4) is 0 Å². The normalized spacial score (nSPS) is 10.1. The minimum atomic E-state index is -0.937. The summed E-state index contributed by atoms with van der Waals surface area (Å²) in [4.78, 5) is 10.7. The Bertz CT molecular complexity index is 567. The fourth-order valence-corrected chi connectivity index (χ4v) is 1.89. The van der Waals surface area contributed by atoms with Crippen LogP contribution in [0.5, 0.6) is 5.75 Å². The van der Waals surface area contributed by atoms with Gasteiger partial charge in [0, 0.05) is 16.7 Å². The van der Waals surface area contributed by atoms with Crippen LogP contribution >= 0.6 is 15.9 Å². The summed E-state index contributed by atoms with van der Waals surface area (Å²) in [5.74, 6) is -0.277. The molecule has 0 atom stereocenters. The third kappa shape index (κ3) is 4.28. The molecule has 0 aromatic heterocycles. The second kappa shape index (κ2) is 6.96. The first kappa shape index (κ1) is 14.4. The van der Waals surface area contributed by atoms with E-state index in [0.717, 1.165) is 10.2 Å². The Kier molecular flexibility index (Phi) is 5.01. The molecule has 0 aliphatic heterocycles. The van der Waals surface area contributed by atoms with Crippen LogP contribution in [0.4, 0.5) is 5.69 Å². The Hall–Kier alpha value is -2.01. The SMILES string of the molecule is O=C(O)c1ccc(OCCNc2ccc(Br)cc2)cc1. The molecule has 0 aliphatic carbocycles. The number of hydrogen-bond acceptors (Lipinski definition) is 3. The molecule has 0 aliphatic rings. The van der Waals surface area contributed by atoms with Gasteiger partial charge in [0.05, 0.1) is 5.56 Å². The van der Waals surface area contributed by atoms with Crippen molar-refractivity contribution < 1.29 is 14.6 Å². The first-order valence-corrected chi connectivity index (χ1v) is 6.90. The van der Waals surface area contributed by atoms with E-state index in [9.17, 15) is 4.79 Å². The molecule has 0 unspecified atom stereocenters. The highest BCUT2D eigenvalue weighted by Gasteiger charge is 2.01. The van der Waals surface area contributed by atoms with E-state index < -0.39 is 5.97 Å². The van der Waals surface area contributed by atoms with Crippen LogP contribution in [-0.2, 0) is 0 Å². The predicted molar refractivity (Wildman–Crippen MR) is 81.5 cm³/mol. The van der Waals surface area contributed by atoms with Crippen LogP contribution in [-0.4, -0.2) is 24.2 Å². The third-order valence-corrected chi connectivity index (χ3v) is 3.17. The van der Waals surface area contributed by atoms with Crippen LogP contribution in [0.2, 0.25) is 0 Å². The lowest BCUT2D eigenvalue weighted by atomic mass is 10.2. The average molecular weight is 336 g/mol. The van der Waals surface area contributed by atoms with Gasteiger partial charge in [-0.1, -0.05) is 15.9 Å². The van der Waals surface area contributed by atoms with Gasteiger partial charge in [-0.05, 0) is 48.5 Å². The zero-order valence-electron chi connectivity index (χ0n) is 10.7. The lowest BCUT2D eigenvalue weighted by Crippen LogP contribution is -2.11. The summed E-state index contributed by atoms with van der Waals surface area (Å²) < 4.78 is 6.56. The van der Waals surface area contributed by atoms with E-state index in [1.807, 2.05) is 24.3 Å². The number of ether oxygens (including phenoxy) is 1. The molecule has 0 bridgehead atoms. The summed E-state index contributed by atoms with van der Waals surface area (Å²) in [6.07, 6.45) is 0. The van der Waals surface area contributed by atoms with Crippen molar-refractivity contribution in [3.63, 3.8) is 0 Å². The number of halogens is 1. The van der Waals surface area contributed by atoms with Gasteiger partial charge in [0.1, 0.15) is 12.4 Å². The minimum Gasteiger partial charge on any atom is -0.492 e. The third-order valence-electron chi connectivity index (χ3n) is 2.65. The molecule has 0 radical (unpaired) electrons. The molecular weight excluding hydrogens is 322 g/mol. The molecule has 104 valence electrons. The molecule has 2 aromatic carbocycles. The summed E-state index contributed by atoms with van der Waals surface area (Å²) in [6, 6.07) is 14.3. The topological polar surface area (TPSA) is 58.6 Å². The summed E-state index contributed by atoms with van der Waals surface area (Å²) in [5, 5.41) is 12.0. The smallest absolute Gasteiger partial charge is 0.335 e. The fraction of sp³-hybridized carbons (Fsp3) is 0.133. The van der Waals surface area contributed by atoms with Crippen LogP contribution in [0.25, 0.3) is 0 Å². The highest BCUT2D eigenvalue weighted by Crippen LogP contribution is 2.14. The van der Waals surface area contributed by atoms with E-state index in [2.05, 4.69) is 21.2 Å². The van der Waals surface area contributed by atoms with E-state index in [1.54, 1.807) is 12.1 Å². The summed E-state index contributed by atoms with van der Waals surface area (Å²) in [6.45, 7) is 1.17. The molecule has 0 amide bonds. The van der Waals surface area contributed by atoms with Gasteiger partial charge < -0.3 is 15.2 Å². The maximum Gasteiger partial charge on any atom is 0.335 e. The Balaban J connectivity index is 1.75. The molecule has 5 heteroatoms. The van der Waals surface area contributed by atoms with Gasteiger partial charge in [0.2, 0.25) is 0 Å². The first-order valence-electron chi connectivity index (χ1n) is 6.11. The van der Waals surface area contributed by atoms with Gasteiger partial charge in [0.25, 0.3) is 0 Å². The number of carboxylic acid groups (broad SMARTS) is 1. The average Bonchev–Trinajstić information content (AvgIpc) is 2.46. The van der Waals surface area contributed by atoms with Gasteiger partial charge in [-0.15, -0.1) is 0 Å². The second-order valence-corrected chi connectivity index (χ2v) is 5.03. The largest absolute Gasteiger partial charge is 0.492 e. The standard InChI is InChI=1S/C15H14BrNO3/c16-12-3-5-13(6-4-12)17-9-10-20-14-7-1-11(2-8-14)15(18)19/h1-8,17H,9-10H2,(H,18,19). The zero-order valence-corrected chi connectivity index (χ0v) is 12.3. The molecule has 2 rings (SSSR count). The highest BCUT2D eigenvalue weighted by atomic mass is 79.9. The predicted octanol–water partition coefficient (Wildman–Crippen LogP) is 3.64. The van der Waals surface area contributed by atoms with E-state index in [-0.39, 0.29) is 5.56 Å². The monoisotopic (exact) mass is 335 g/mol. The van der Waals surface area contributed by atoms with Gasteiger partial charge in [-0.2, -0.15) is 0 Å². The Morgan fingerprint density at radius 3 is 2.35 bits per heavy atom. The number of anilines is 1. The molecule has 0 saturated heterocycles. The summed E-state index contributed by atoms with van der Waals surface area (Å²) in [7, 11) is 0. The summed E-state index contributed by atoms with van der Waals surface area (Å²) >= 11 is 3.38. The molecule has 0 saturated carbocycles. The maximum absolute atomic E-state index is 10.7. The number of carboxylic acids is 1. The number of benzene rings is 2. The Morgan fingerprint density at radius 1 is 1.10 bits per heavy atom. The molecule has 2 aromatic rings. The molecular formula is C15H14BrNO3. The van der Waals surface area contributed by atoms with Crippen molar-refractivity contribution in [3.8, 4) is 5.75 Å². The number of aromatic carboxylic acids is 1. The van der Waals surface area contributed by atoms with Crippen molar-refractivity contribution >= 4 is 27.6 Å².